The molecule has 0 radical (unpaired) electrons. The topological polar surface area (TPSA) is 20.2 Å². The Hall–Kier alpha value is -0.720. The van der Waals surface area contributed by atoms with Crippen LogP contribution in [-0.4, -0.2) is 5.11 Å². The maximum atomic E-state index is 8.91. The zero-order valence-electron chi connectivity index (χ0n) is 5.93. The van der Waals surface area contributed by atoms with Gasteiger partial charge in [-0.05, 0) is 25.8 Å². The van der Waals surface area contributed by atoms with Crippen molar-refractivity contribution in [3.05, 3.63) is 24.5 Å². The zero-order chi connectivity index (χ0) is 7.11. The predicted molar refractivity (Wildman–Crippen MR) is 40.4 cm³/mol. The van der Waals surface area contributed by atoms with E-state index in [-0.39, 0.29) is 0 Å². The minimum atomic E-state index is 0.483. The number of allylic oxidation sites excluding steroid dienone is 3. The van der Waals surface area contributed by atoms with Gasteiger partial charge in [0.15, 0.2) is 0 Å². The number of aliphatic hydroxyl groups is 1. The summed E-state index contributed by atoms with van der Waals surface area (Å²) < 4.78 is 0. The van der Waals surface area contributed by atoms with E-state index >= 15 is 0 Å². The van der Waals surface area contributed by atoms with Crippen molar-refractivity contribution in [2.75, 3.05) is 0 Å². The maximum absolute atomic E-state index is 8.91. The van der Waals surface area contributed by atoms with Crippen molar-refractivity contribution in [1.29, 1.82) is 0 Å². The number of hydrogen-bond acceptors (Lipinski definition) is 1. The summed E-state index contributed by atoms with van der Waals surface area (Å²) in [5.74, 6) is 0.483. The van der Waals surface area contributed by atoms with E-state index in [1.54, 1.807) is 6.08 Å². The molecule has 0 bridgehead atoms. The first kappa shape index (κ1) is 8.28. The molecule has 0 saturated heterocycles. The Bertz CT molecular complexity index is 103. The summed E-state index contributed by atoms with van der Waals surface area (Å²) in [6.07, 6.45) is 6.35. The molecule has 0 aromatic heterocycles. The standard InChI is InChI=1S/C8H14O/c1-3-5-6-7-8(9)4-2/h3-4,9H,1,5-7H2,2H3. The van der Waals surface area contributed by atoms with Gasteiger partial charge in [-0.3, -0.25) is 0 Å². The van der Waals surface area contributed by atoms with E-state index in [0.717, 1.165) is 19.3 Å². The van der Waals surface area contributed by atoms with Crippen molar-refractivity contribution < 1.29 is 5.11 Å². The number of rotatable bonds is 4. The quantitative estimate of drug-likeness (QED) is 0.349. The number of unbranched alkanes of at least 4 members (excludes halogenated alkanes) is 1. The second-order valence-electron chi connectivity index (χ2n) is 1.96. The molecule has 1 N–H and O–H groups in total. The highest BCUT2D eigenvalue weighted by Crippen LogP contribution is 2.02. The van der Waals surface area contributed by atoms with E-state index in [1.807, 2.05) is 13.0 Å². The van der Waals surface area contributed by atoms with Gasteiger partial charge in [-0.25, -0.2) is 0 Å². The summed E-state index contributed by atoms with van der Waals surface area (Å²) in [5.41, 5.74) is 0. The van der Waals surface area contributed by atoms with E-state index in [4.69, 9.17) is 5.11 Å². The number of aliphatic hydroxyl groups excluding tert-OH is 1. The summed E-state index contributed by atoms with van der Waals surface area (Å²) in [5, 5.41) is 8.91. The fraction of sp³-hybridized carbons (Fsp3) is 0.500. The van der Waals surface area contributed by atoms with Gasteiger partial charge in [-0.15, -0.1) is 6.58 Å². The Morgan fingerprint density at radius 3 is 2.78 bits per heavy atom. The molecule has 0 unspecified atom stereocenters. The van der Waals surface area contributed by atoms with E-state index in [0.29, 0.717) is 5.76 Å². The Morgan fingerprint density at radius 1 is 1.67 bits per heavy atom. The highest BCUT2D eigenvalue weighted by Gasteiger charge is 1.87. The average molecular weight is 126 g/mol. The molecule has 0 aromatic carbocycles. The summed E-state index contributed by atoms with van der Waals surface area (Å²) in [6, 6.07) is 0. The lowest BCUT2D eigenvalue weighted by molar-refractivity contribution is 0.383. The van der Waals surface area contributed by atoms with Crippen LogP contribution < -0.4 is 0 Å². The summed E-state index contributed by atoms with van der Waals surface area (Å²) in [7, 11) is 0. The third-order valence-corrected chi connectivity index (χ3v) is 1.17. The van der Waals surface area contributed by atoms with Crippen LogP contribution in [0.1, 0.15) is 26.2 Å². The summed E-state index contributed by atoms with van der Waals surface area (Å²) in [4.78, 5) is 0. The fourth-order valence-corrected chi connectivity index (χ4v) is 0.572. The Labute approximate surface area is 56.7 Å². The first-order valence-electron chi connectivity index (χ1n) is 3.26. The van der Waals surface area contributed by atoms with Gasteiger partial charge in [0, 0.05) is 6.42 Å². The van der Waals surface area contributed by atoms with Crippen LogP contribution in [0.15, 0.2) is 24.5 Å². The molecule has 0 saturated carbocycles. The first-order valence-corrected chi connectivity index (χ1v) is 3.26. The van der Waals surface area contributed by atoms with Crippen LogP contribution in [0.4, 0.5) is 0 Å². The Balaban J connectivity index is 3.17. The van der Waals surface area contributed by atoms with Crippen LogP contribution in [0.25, 0.3) is 0 Å². The van der Waals surface area contributed by atoms with Crippen LogP contribution >= 0.6 is 0 Å². The van der Waals surface area contributed by atoms with Crippen LogP contribution in [0.2, 0.25) is 0 Å². The molecule has 0 heterocycles. The molecule has 1 heteroatoms. The van der Waals surface area contributed by atoms with Crippen molar-refractivity contribution in [2.24, 2.45) is 0 Å². The van der Waals surface area contributed by atoms with Gasteiger partial charge in [-0.1, -0.05) is 6.08 Å². The molecule has 0 aliphatic rings. The van der Waals surface area contributed by atoms with Gasteiger partial charge >= 0.3 is 0 Å². The lowest BCUT2D eigenvalue weighted by Gasteiger charge is -1.94. The molecule has 0 atom stereocenters. The van der Waals surface area contributed by atoms with E-state index in [9.17, 15) is 0 Å². The van der Waals surface area contributed by atoms with Crippen molar-refractivity contribution in [1.82, 2.24) is 0 Å². The van der Waals surface area contributed by atoms with E-state index < -0.39 is 0 Å². The molecule has 0 spiro atoms. The van der Waals surface area contributed by atoms with Crippen molar-refractivity contribution in [3.63, 3.8) is 0 Å². The van der Waals surface area contributed by atoms with E-state index in [2.05, 4.69) is 6.58 Å². The molecular formula is C8H14O. The average Bonchev–Trinajstić information content (AvgIpc) is 1.89. The third-order valence-electron chi connectivity index (χ3n) is 1.17. The second kappa shape index (κ2) is 5.42. The second-order valence-corrected chi connectivity index (χ2v) is 1.96. The van der Waals surface area contributed by atoms with Crippen molar-refractivity contribution >= 4 is 0 Å². The Morgan fingerprint density at radius 2 is 2.33 bits per heavy atom. The van der Waals surface area contributed by atoms with Gasteiger partial charge in [0.1, 0.15) is 0 Å². The maximum Gasteiger partial charge on any atom is 0.0880 e. The van der Waals surface area contributed by atoms with Crippen LogP contribution in [0, 0.1) is 0 Å². The largest absolute Gasteiger partial charge is 0.513 e. The lowest BCUT2D eigenvalue weighted by Crippen LogP contribution is -1.79. The van der Waals surface area contributed by atoms with Crippen LogP contribution in [0.5, 0.6) is 0 Å². The van der Waals surface area contributed by atoms with Crippen LogP contribution in [0.3, 0.4) is 0 Å². The fourth-order valence-electron chi connectivity index (χ4n) is 0.572. The molecule has 0 rings (SSSR count). The zero-order valence-corrected chi connectivity index (χ0v) is 5.93. The van der Waals surface area contributed by atoms with E-state index in [1.165, 1.54) is 0 Å². The summed E-state index contributed by atoms with van der Waals surface area (Å²) in [6.45, 7) is 5.42. The normalized spacial score (nSPS) is 11.4. The minimum Gasteiger partial charge on any atom is -0.513 e. The first-order chi connectivity index (χ1) is 4.31. The molecule has 0 amide bonds. The SMILES string of the molecule is C=CCCCC(O)=CC. The van der Waals surface area contributed by atoms with Crippen molar-refractivity contribution in [3.8, 4) is 0 Å². The van der Waals surface area contributed by atoms with Gasteiger partial charge in [-0.2, -0.15) is 0 Å². The third kappa shape index (κ3) is 5.15. The number of hydrogen-bond donors (Lipinski definition) is 1. The summed E-state index contributed by atoms with van der Waals surface area (Å²) >= 11 is 0. The molecule has 1 nitrogen and oxygen atoms in total. The molecule has 52 valence electrons. The highest BCUT2D eigenvalue weighted by molar-refractivity contribution is 4.87. The predicted octanol–water partition coefficient (Wildman–Crippen LogP) is 2.80. The van der Waals surface area contributed by atoms with Gasteiger partial charge < -0.3 is 5.11 Å². The Kier molecular flexibility index (Phi) is 4.98. The molecule has 0 aromatic rings. The molecule has 0 aliphatic carbocycles. The van der Waals surface area contributed by atoms with Gasteiger partial charge in [0.25, 0.3) is 0 Å². The molecule has 0 fully saturated rings. The smallest absolute Gasteiger partial charge is 0.0880 e. The highest BCUT2D eigenvalue weighted by atomic mass is 16.3. The van der Waals surface area contributed by atoms with Crippen molar-refractivity contribution in [2.45, 2.75) is 26.2 Å². The monoisotopic (exact) mass is 126 g/mol. The van der Waals surface area contributed by atoms with Crippen LogP contribution in [-0.2, 0) is 0 Å². The van der Waals surface area contributed by atoms with Gasteiger partial charge in [0.05, 0.1) is 5.76 Å². The molecule has 9 heavy (non-hydrogen) atoms. The minimum absolute atomic E-state index is 0.483. The molecular weight excluding hydrogens is 112 g/mol. The van der Waals surface area contributed by atoms with Gasteiger partial charge in [0.2, 0.25) is 0 Å². The molecule has 0 aliphatic heterocycles. The lowest BCUT2D eigenvalue weighted by atomic mass is 10.2.